The third-order valence-electron chi connectivity index (χ3n) is 3.30. The van der Waals surface area contributed by atoms with E-state index in [-0.39, 0.29) is 5.56 Å². The second-order valence-corrected chi connectivity index (χ2v) is 5.40. The Morgan fingerprint density at radius 1 is 1.38 bits per heavy atom. The number of rotatable bonds is 6. The van der Waals surface area contributed by atoms with Crippen LogP contribution in [0, 0.1) is 6.92 Å². The first-order valence-electron chi connectivity index (χ1n) is 7.01. The molecule has 0 amide bonds. The number of pyridine rings is 1. The van der Waals surface area contributed by atoms with Gasteiger partial charge in [-0.05, 0) is 46.1 Å². The lowest BCUT2D eigenvalue weighted by atomic mass is 10.1. The Morgan fingerprint density at radius 2 is 2.14 bits per heavy atom. The molecule has 2 N–H and O–H groups in total. The fraction of sp³-hybridized carbons (Fsp3) is 0.375. The minimum absolute atomic E-state index is 0.243. The number of nitrogens with one attached hydrogen (secondary N) is 1. The zero-order valence-electron chi connectivity index (χ0n) is 12.7. The van der Waals surface area contributed by atoms with Crippen molar-refractivity contribution in [1.82, 2.24) is 9.88 Å². The lowest BCUT2D eigenvalue weighted by Gasteiger charge is -2.13. The van der Waals surface area contributed by atoms with Gasteiger partial charge in [0.1, 0.15) is 0 Å². The Hall–Kier alpha value is -2.14. The van der Waals surface area contributed by atoms with Gasteiger partial charge in [-0.2, -0.15) is 0 Å². The minimum atomic E-state index is -0.947. The second-order valence-electron chi connectivity index (χ2n) is 5.40. The van der Waals surface area contributed by atoms with E-state index in [1.54, 1.807) is 12.1 Å². The van der Waals surface area contributed by atoms with E-state index in [1.807, 2.05) is 33.2 Å². The smallest absolute Gasteiger partial charge is 0.337 e. The molecular weight excluding hydrogens is 266 g/mol. The lowest BCUT2D eigenvalue weighted by Crippen LogP contribution is -2.16. The van der Waals surface area contributed by atoms with Gasteiger partial charge in [0, 0.05) is 23.3 Å². The van der Waals surface area contributed by atoms with Crippen LogP contribution in [0.25, 0.3) is 10.9 Å². The number of hydrogen-bond donors (Lipinski definition) is 2. The Bertz CT molecular complexity index is 653. The third-order valence-corrected chi connectivity index (χ3v) is 3.30. The summed E-state index contributed by atoms with van der Waals surface area (Å²) in [6, 6.07) is 7.22. The van der Waals surface area contributed by atoms with Gasteiger partial charge in [0.25, 0.3) is 0 Å². The van der Waals surface area contributed by atoms with E-state index < -0.39 is 5.97 Å². The zero-order valence-corrected chi connectivity index (χ0v) is 12.7. The number of anilines is 1. The second kappa shape index (κ2) is 6.54. The van der Waals surface area contributed by atoms with E-state index in [0.29, 0.717) is 5.52 Å². The largest absolute Gasteiger partial charge is 0.478 e. The summed E-state index contributed by atoms with van der Waals surface area (Å²) in [6.45, 7) is 3.73. The van der Waals surface area contributed by atoms with Gasteiger partial charge in [-0.3, -0.25) is 4.98 Å². The number of aryl methyl sites for hydroxylation is 1. The van der Waals surface area contributed by atoms with E-state index in [9.17, 15) is 9.90 Å². The molecule has 0 fully saturated rings. The highest BCUT2D eigenvalue weighted by atomic mass is 16.4. The molecule has 0 aliphatic heterocycles. The van der Waals surface area contributed by atoms with Gasteiger partial charge in [0.15, 0.2) is 0 Å². The average molecular weight is 287 g/mol. The highest BCUT2D eigenvalue weighted by molar-refractivity contribution is 6.05. The molecule has 1 aromatic carbocycles. The maximum absolute atomic E-state index is 11.3. The summed E-state index contributed by atoms with van der Waals surface area (Å²) in [5.74, 6) is -0.947. The van der Waals surface area contributed by atoms with E-state index in [2.05, 4.69) is 15.2 Å². The quantitative estimate of drug-likeness (QED) is 0.799. The van der Waals surface area contributed by atoms with Gasteiger partial charge in [-0.1, -0.05) is 12.1 Å². The van der Waals surface area contributed by atoms with Gasteiger partial charge in [0.2, 0.25) is 0 Å². The van der Waals surface area contributed by atoms with E-state index in [1.165, 1.54) is 0 Å². The van der Waals surface area contributed by atoms with Crippen molar-refractivity contribution in [2.45, 2.75) is 13.3 Å². The summed E-state index contributed by atoms with van der Waals surface area (Å²) in [6.07, 6.45) is 1.02. The van der Waals surface area contributed by atoms with E-state index in [4.69, 9.17) is 0 Å². The lowest BCUT2D eigenvalue weighted by molar-refractivity contribution is 0.0699. The van der Waals surface area contributed by atoms with Gasteiger partial charge in [0.05, 0.1) is 11.1 Å². The molecule has 2 rings (SSSR count). The number of para-hydroxylation sites is 1. The summed E-state index contributed by atoms with van der Waals surface area (Å²) in [7, 11) is 4.09. The third kappa shape index (κ3) is 3.70. The fourth-order valence-electron chi connectivity index (χ4n) is 2.31. The number of benzene rings is 1. The first-order chi connectivity index (χ1) is 9.99. The molecule has 2 aromatic rings. The van der Waals surface area contributed by atoms with Crippen LogP contribution in [-0.4, -0.2) is 48.1 Å². The van der Waals surface area contributed by atoms with Crippen molar-refractivity contribution in [2.75, 3.05) is 32.5 Å². The topological polar surface area (TPSA) is 65.5 Å². The monoisotopic (exact) mass is 287 g/mol. The predicted octanol–water partition coefficient (Wildman–Crippen LogP) is 2.61. The van der Waals surface area contributed by atoms with Crippen LogP contribution in [0.5, 0.6) is 0 Å². The van der Waals surface area contributed by atoms with Crippen LogP contribution in [-0.2, 0) is 0 Å². The maximum Gasteiger partial charge on any atom is 0.337 e. The number of carbonyl (C=O) groups is 1. The normalized spacial score (nSPS) is 11.0. The highest BCUT2D eigenvalue weighted by Crippen LogP contribution is 2.25. The molecule has 21 heavy (non-hydrogen) atoms. The molecule has 0 unspecified atom stereocenters. The van der Waals surface area contributed by atoms with Crippen molar-refractivity contribution in [3.8, 4) is 0 Å². The Labute approximate surface area is 124 Å². The number of nitrogens with zero attached hydrogens (tertiary/aromatic N) is 2. The molecule has 0 radical (unpaired) electrons. The molecule has 0 aliphatic carbocycles. The first-order valence-corrected chi connectivity index (χ1v) is 7.01. The molecule has 5 nitrogen and oxygen atoms in total. The fourth-order valence-corrected chi connectivity index (χ4v) is 2.31. The molecular formula is C16H21N3O2. The Morgan fingerprint density at radius 3 is 2.81 bits per heavy atom. The van der Waals surface area contributed by atoms with Crippen LogP contribution in [0.3, 0.4) is 0 Å². The summed E-state index contributed by atoms with van der Waals surface area (Å²) in [5.41, 5.74) is 2.54. The maximum atomic E-state index is 11.3. The van der Waals surface area contributed by atoms with Crippen molar-refractivity contribution in [3.05, 3.63) is 35.5 Å². The zero-order chi connectivity index (χ0) is 15.4. The number of aromatic carboxylic acids is 1. The summed E-state index contributed by atoms with van der Waals surface area (Å²) >= 11 is 0. The number of carboxylic acid groups (broad SMARTS) is 1. The van der Waals surface area contributed by atoms with Crippen LogP contribution in [0.2, 0.25) is 0 Å². The van der Waals surface area contributed by atoms with Crippen molar-refractivity contribution in [2.24, 2.45) is 0 Å². The summed E-state index contributed by atoms with van der Waals surface area (Å²) in [5, 5.41) is 13.5. The van der Waals surface area contributed by atoms with Crippen molar-refractivity contribution in [3.63, 3.8) is 0 Å². The average Bonchev–Trinajstić information content (AvgIpc) is 2.42. The van der Waals surface area contributed by atoms with Crippen LogP contribution in [0.1, 0.15) is 22.5 Å². The molecule has 0 atom stereocenters. The molecule has 0 bridgehead atoms. The molecule has 1 aromatic heterocycles. The number of carboxylic acids is 1. The van der Waals surface area contributed by atoms with E-state index in [0.717, 1.165) is 36.3 Å². The predicted molar refractivity (Wildman–Crippen MR) is 85.1 cm³/mol. The van der Waals surface area contributed by atoms with Crippen LogP contribution >= 0.6 is 0 Å². The summed E-state index contributed by atoms with van der Waals surface area (Å²) < 4.78 is 0. The van der Waals surface area contributed by atoms with Crippen molar-refractivity contribution >= 4 is 22.6 Å². The van der Waals surface area contributed by atoms with Gasteiger partial charge in [-0.25, -0.2) is 4.79 Å². The molecule has 0 saturated heterocycles. The number of hydrogen-bond acceptors (Lipinski definition) is 4. The molecule has 0 aliphatic rings. The van der Waals surface area contributed by atoms with Crippen molar-refractivity contribution < 1.29 is 9.90 Å². The Balaban J connectivity index is 2.31. The van der Waals surface area contributed by atoms with Gasteiger partial charge >= 0.3 is 5.97 Å². The molecule has 1 heterocycles. The minimum Gasteiger partial charge on any atom is -0.478 e. The number of fused-ring (bicyclic) bond motifs is 1. The van der Waals surface area contributed by atoms with Crippen LogP contribution in [0.4, 0.5) is 5.69 Å². The SMILES string of the molecule is Cc1cc(NCCCN(C)C)c2cccc(C(=O)O)c2n1. The first kappa shape index (κ1) is 15.3. The Kier molecular flexibility index (Phi) is 4.75. The van der Waals surface area contributed by atoms with E-state index >= 15 is 0 Å². The molecule has 5 heteroatoms. The molecule has 0 saturated carbocycles. The standard InChI is InChI=1S/C16H21N3O2/c1-11-10-14(17-8-5-9-19(2)3)12-6-4-7-13(16(20)21)15(12)18-11/h4,6-7,10H,5,8-9H2,1-3H3,(H,17,18)(H,20,21). The van der Waals surface area contributed by atoms with Crippen LogP contribution < -0.4 is 5.32 Å². The van der Waals surface area contributed by atoms with Gasteiger partial charge in [-0.15, -0.1) is 0 Å². The number of aromatic nitrogens is 1. The summed E-state index contributed by atoms with van der Waals surface area (Å²) in [4.78, 5) is 17.8. The van der Waals surface area contributed by atoms with Crippen molar-refractivity contribution in [1.29, 1.82) is 0 Å². The van der Waals surface area contributed by atoms with Crippen LogP contribution in [0.15, 0.2) is 24.3 Å². The molecule has 0 spiro atoms. The highest BCUT2D eigenvalue weighted by Gasteiger charge is 2.12. The van der Waals surface area contributed by atoms with Gasteiger partial charge < -0.3 is 15.3 Å². The molecule has 112 valence electrons.